The first-order chi connectivity index (χ1) is 9.60. The molecule has 0 bridgehead atoms. The molecule has 1 saturated heterocycles. The van der Waals surface area contributed by atoms with Crippen LogP contribution in [0.1, 0.15) is 20.3 Å². The molecule has 1 aliphatic heterocycles. The Hall–Kier alpha value is -1.20. The van der Waals surface area contributed by atoms with Crippen molar-refractivity contribution >= 4 is 29.0 Å². The predicted octanol–water partition coefficient (Wildman–Crippen LogP) is 2.42. The molecule has 3 N–H and O–H groups in total. The number of carbonyl (C=O) groups is 1. The highest BCUT2D eigenvalue weighted by Gasteiger charge is 2.26. The minimum absolute atomic E-state index is 0.0523. The van der Waals surface area contributed by atoms with E-state index in [0.29, 0.717) is 10.9 Å². The Morgan fingerprint density at radius 3 is 2.85 bits per heavy atom. The molecule has 0 radical (unpaired) electrons. The van der Waals surface area contributed by atoms with Crippen molar-refractivity contribution in [3.8, 4) is 0 Å². The Morgan fingerprint density at radius 1 is 1.50 bits per heavy atom. The molecule has 20 heavy (non-hydrogen) atoms. The Kier molecular flexibility index (Phi) is 5.31. The van der Waals surface area contributed by atoms with Gasteiger partial charge in [-0.25, -0.2) is 0 Å². The summed E-state index contributed by atoms with van der Waals surface area (Å²) in [6.07, 6.45) is 1.16. The second-order valence-corrected chi connectivity index (χ2v) is 6.59. The lowest BCUT2D eigenvalue weighted by molar-refractivity contribution is -0.120. The molecule has 1 heterocycles. The van der Waals surface area contributed by atoms with E-state index >= 15 is 0 Å². The molecule has 2 rings (SSSR count). The normalized spacial score (nSPS) is 21.4. The Balaban J connectivity index is 1.92. The third kappa shape index (κ3) is 3.90. The van der Waals surface area contributed by atoms with Crippen molar-refractivity contribution in [3.05, 3.63) is 24.3 Å². The number of benzene rings is 1. The lowest BCUT2D eigenvalue weighted by Gasteiger charge is -2.35. The SMILES string of the molecule is CCC1CN(C(C)C(=O)Nc2ccc(N)cc2)CCS1. The van der Waals surface area contributed by atoms with Crippen LogP contribution < -0.4 is 11.1 Å². The molecule has 110 valence electrons. The summed E-state index contributed by atoms with van der Waals surface area (Å²) in [4.78, 5) is 14.6. The number of amides is 1. The number of nitrogen functional groups attached to an aromatic ring is 1. The number of thioether (sulfide) groups is 1. The molecular weight excluding hydrogens is 270 g/mol. The summed E-state index contributed by atoms with van der Waals surface area (Å²) in [6.45, 7) is 6.17. The first-order valence-electron chi connectivity index (χ1n) is 7.12. The Morgan fingerprint density at radius 2 is 2.20 bits per heavy atom. The summed E-state index contributed by atoms with van der Waals surface area (Å²) in [6, 6.07) is 7.17. The van der Waals surface area contributed by atoms with Crippen LogP contribution in [0.4, 0.5) is 11.4 Å². The molecular formula is C15H23N3OS. The quantitative estimate of drug-likeness (QED) is 0.837. The Bertz CT molecular complexity index is 449. The molecule has 1 aliphatic rings. The van der Waals surface area contributed by atoms with Crippen LogP contribution in [0.15, 0.2) is 24.3 Å². The maximum atomic E-state index is 12.3. The molecule has 0 spiro atoms. The van der Waals surface area contributed by atoms with Crippen LogP contribution >= 0.6 is 11.8 Å². The topological polar surface area (TPSA) is 58.4 Å². The summed E-state index contributed by atoms with van der Waals surface area (Å²) >= 11 is 2.01. The van der Waals surface area contributed by atoms with E-state index in [4.69, 9.17) is 5.73 Å². The van der Waals surface area contributed by atoms with Crippen LogP contribution in [0.2, 0.25) is 0 Å². The van der Waals surface area contributed by atoms with Crippen molar-refractivity contribution in [1.82, 2.24) is 4.90 Å². The second-order valence-electron chi connectivity index (χ2n) is 5.18. The highest BCUT2D eigenvalue weighted by atomic mass is 32.2. The minimum Gasteiger partial charge on any atom is -0.399 e. The van der Waals surface area contributed by atoms with E-state index in [1.165, 1.54) is 0 Å². The maximum Gasteiger partial charge on any atom is 0.241 e. The highest BCUT2D eigenvalue weighted by molar-refractivity contribution is 8.00. The molecule has 4 nitrogen and oxygen atoms in total. The average Bonchev–Trinajstić information content (AvgIpc) is 2.48. The van der Waals surface area contributed by atoms with Gasteiger partial charge in [0.25, 0.3) is 0 Å². The van der Waals surface area contributed by atoms with Gasteiger partial charge in [0, 0.05) is 35.5 Å². The first kappa shape index (κ1) is 15.2. The van der Waals surface area contributed by atoms with E-state index < -0.39 is 0 Å². The number of nitrogens with zero attached hydrogens (tertiary/aromatic N) is 1. The molecule has 1 aromatic rings. The molecule has 0 saturated carbocycles. The molecule has 1 aromatic carbocycles. The predicted molar refractivity (Wildman–Crippen MR) is 87.1 cm³/mol. The lowest BCUT2D eigenvalue weighted by atomic mass is 10.2. The van der Waals surface area contributed by atoms with Gasteiger partial charge in [0.1, 0.15) is 0 Å². The number of carbonyl (C=O) groups excluding carboxylic acids is 1. The van der Waals surface area contributed by atoms with Crippen LogP contribution in [0.3, 0.4) is 0 Å². The standard InChI is InChI=1S/C15H23N3OS/c1-3-14-10-18(8-9-20-14)11(2)15(19)17-13-6-4-12(16)5-7-13/h4-7,11,14H,3,8-10,16H2,1-2H3,(H,17,19). The van der Waals surface area contributed by atoms with Crippen molar-refractivity contribution in [2.75, 3.05) is 29.9 Å². The fraction of sp³-hybridized carbons (Fsp3) is 0.533. The van der Waals surface area contributed by atoms with E-state index in [9.17, 15) is 4.79 Å². The van der Waals surface area contributed by atoms with E-state index in [1.54, 1.807) is 12.1 Å². The van der Waals surface area contributed by atoms with E-state index in [0.717, 1.165) is 31.0 Å². The van der Waals surface area contributed by atoms with Gasteiger partial charge in [-0.1, -0.05) is 6.92 Å². The monoisotopic (exact) mass is 293 g/mol. The largest absolute Gasteiger partial charge is 0.399 e. The third-order valence-corrected chi connectivity index (χ3v) is 5.10. The number of hydrogen-bond donors (Lipinski definition) is 2. The van der Waals surface area contributed by atoms with Gasteiger partial charge >= 0.3 is 0 Å². The summed E-state index contributed by atoms with van der Waals surface area (Å²) in [5.41, 5.74) is 7.15. The van der Waals surface area contributed by atoms with Gasteiger partial charge in [-0.3, -0.25) is 9.69 Å². The number of anilines is 2. The van der Waals surface area contributed by atoms with Gasteiger partial charge in [0.05, 0.1) is 6.04 Å². The first-order valence-corrected chi connectivity index (χ1v) is 8.17. The molecule has 2 unspecified atom stereocenters. The van der Waals surface area contributed by atoms with E-state index in [-0.39, 0.29) is 11.9 Å². The van der Waals surface area contributed by atoms with Crippen LogP contribution in [-0.4, -0.2) is 40.9 Å². The zero-order chi connectivity index (χ0) is 14.5. The van der Waals surface area contributed by atoms with Crippen molar-refractivity contribution in [3.63, 3.8) is 0 Å². The Labute approximate surface area is 125 Å². The highest BCUT2D eigenvalue weighted by Crippen LogP contribution is 2.23. The molecule has 2 atom stereocenters. The van der Waals surface area contributed by atoms with Crippen LogP contribution in [0.5, 0.6) is 0 Å². The van der Waals surface area contributed by atoms with Crippen molar-refractivity contribution in [2.45, 2.75) is 31.6 Å². The molecule has 5 heteroatoms. The van der Waals surface area contributed by atoms with Crippen LogP contribution in [0, 0.1) is 0 Å². The molecule has 0 aliphatic carbocycles. The maximum absolute atomic E-state index is 12.3. The lowest BCUT2D eigenvalue weighted by Crippen LogP contribution is -2.48. The molecule has 0 aromatic heterocycles. The van der Waals surface area contributed by atoms with E-state index in [1.807, 2.05) is 30.8 Å². The number of hydrogen-bond acceptors (Lipinski definition) is 4. The summed E-state index contributed by atoms with van der Waals surface area (Å²) in [7, 11) is 0. The summed E-state index contributed by atoms with van der Waals surface area (Å²) in [5.74, 6) is 1.16. The van der Waals surface area contributed by atoms with Crippen LogP contribution in [-0.2, 0) is 4.79 Å². The number of nitrogens with one attached hydrogen (secondary N) is 1. The average molecular weight is 293 g/mol. The van der Waals surface area contributed by atoms with Gasteiger partial charge in [-0.05, 0) is 37.6 Å². The van der Waals surface area contributed by atoms with Gasteiger partial charge in [0.15, 0.2) is 0 Å². The zero-order valence-electron chi connectivity index (χ0n) is 12.1. The second kappa shape index (κ2) is 6.99. The van der Waals surface area contributed by atoms with Gasteiger partial charge in [-0.15, -0.1) is 0 Å². The minimum atomic E-state index is -0.0949. The zero-order valence-corrected chi connectivity index (χ0v) is 13.0. The molecule has 1 fully saturated rings. The van der Waals surface area contributed by atoms with Gasteiger partial charge in [-0.2, -0.15) is 11.8 Å². The van der Waals surface area contributed by atoms with E-state index in [2.05, 4.69) is 17.1 Å². The number of rotatable bonds is 4. The van der Waals surface area contributed by atoms with Gasteiger partial charge in [0.2, 0.25) is 5.91 Å². The smallest absolute Gasteiger partial charge is 0.241 e. The number of nitrogens with two attached hydrogens (primary N) is 1. The van der Waals surface area contributed by atoms with Crippen molar-refractivity contribution in [2.24, 2.45) is 0 Å². The van der Waals surface area contributed by atoms with Crippen molar-refractivity contribution < 1.29 is 4.79 Å². The fourth-order valence-electron chi connectivity index (χ4n) is 2.32. The van der Waals surface area contributed by atoms with Crippen LogP contribution in [0.25, 0.3) is 0 Å². The van der Waals surface area contributed by atoms with Gasteiger partial charge < -0.3 is 11.1 Å². The van der Waals surface area contributed by atoms with Crippen molar-refractivity contribution in [1.29, 1.82) is 0 Å². The molecule has 1 amide bonds. The third-order valence-electron chi connectivity index (χ3n) is 3.73. The summed E-state index contributed by atoms with van der Waals surface area (Å²) < 4.78 is 0. The fourth-order valence-corrected chi connectivity index (χ4v) is 3.53. The summed E-state index contributed by atoms with van der Waals surface area (Å²) in [5, 5.41) is 3.60.